The van der Waals surface area contributed by atoms with E-state index in [9.17, 15) is 13.2 Å². The Labute approximate surface area is 116 Å². The Morgan fingerprint density at radius 3 is 2.68 bits per heavy atom. The van der Waals surface area contributed by atoms with Crippen LogP contribution in [-0.4, -0.2) is 41.4 Å². The van der Waals surface area contributed by atoms with Crippen molar-refractivity contribution >= 4 is 27.3 Å². The van der Waals surface area contributed by atoms with E-state index in [1.54, 1.807) is 13.8 Å². The molecule has 2 rings (SSSR count). The molecule has 0 amide bonds. The molecule has 0 unspecified atom stereocenters. The van der Waals surface area contributed by atoms with Crippen molar-refractivity contribution in [1.29, 1.82) is 0 Å². The number of carboxylic acid groups (broad SMARTS) is 1. The third-order valence-electron chi connectivity index (χ3n) is 2.99. The van der Waals surface area contributed by atoms with Crippen molar-refractivity contribution in [1.82, 2.24) is 9.29 Å². The van der Waals surface area contributed by atoms with Gasteiger partial charge < -0.3 is 5.11 Å². The number of aromatic carboxylic acids is 1. The lowest BCUT2D eigenvalue weighted by molar-refractivity contribution is 0.0687. The van der Waals surface area contributed by atoms with Gasteiger partial charge >= 0.3 is 5.97 Å². The molecule has 1 saturated carbocycles. The van der Waals surface area contributed by atoms with E-state index in [0.717, 1.165) is 24.2 Å². The minimum atomic E-state index is -3.78. The molecule has 1 fully saturated rings. The Morgan fingerprint density at radius 2 is 2.21 bits per heavy atom. The number of nitrogens with zero attached hydrogens (tertiary/aromatic N) is 2. The SMILES string of the molecule is CC(C)N(CC1CC1)S(=O)(=O)c1scnc1C(=O)O. The normalized spacial score (nSPS) is 16.2. The lowest BCUT2D eigenvalue weighted by Crippen LogP contribution is -2.38. The summed E-state index contributed by atoms with van der Waals surface area (Å²) in [5.41, 5.74) is 0.873. The van der Waals surface area contributed by atoms with Crippen LogP contribution in [0.15, 0.2) is 9.72 Å². The first kappa shape index (κ1) is 14.4. The average molecular weight is 304 g/mol. The zero-order valence-electron chi connectivity index (χ0n) is 10.7. The Bertz CT molecular complexity index is 575. The van der Waals surface area contributed by atoms with Crippen LogP contribution in [0.3, 0.4) is 0 Å². The van der Waals surface area contributed by atoms with Crippen LogP contribution in [0.1, 0.15) is 37.2 Å². The van der Waals surface area contributed by atoms with Gasteiger partial charge in [0.25, 0.3) is 10.0 Å². The highest BCUT2D eigenvalue weighted by atomic mass is 32.2. The van der Waals surface area contributed by atoms with Gasteiger partial charge in [-0.15, -0.1) is 11.3 Å². The van der Waals surface area contributed by atoms with Gasteiger partial charge in [0, 0.05) is 12.6 Å². The van der Waals surface area contributed by atoms with Crippen molar-refractivity contribution in [2.24, 2.45) is 5.92 Å². The standard InChI is InChI=1S/C11H16N2O4S2/c1-7(2)13(5-8-3-4-8)19(16,17)11-9(10(14)15)12-6-18-11/h6-8H,3-5H2,1-2H3,(H,14,15). The summed E-state index contributed by atoms with van der Waals surface area (Å²) in [4.78, 5) is 14.6. The van der Waals surface area contributed by atoms with E-state index in [0.29, 0.717) is 12.5 Å². The average Bonchev–Trinajstić information content (AvgIpc) is 2.97. The third kappa shape index (κ3) is 2.96. The van der Waals surface area contributed by atoms with Crippen LogP contribution in [-0.2, 0) is 10.0 Å². The molecular weight excluding hydrogens is 288 g/mol. The van der Waals surface area contributed by atoms with E-state index < -0.39 is 16.0 Å². The van der Waals surface area contributed by atoms with Crippen LogP contribution < -0.4 is 0 Å². The van der Waals surface area contributed by atoms with E-state index in [1.165, 1.54) is 9.82 Å². The van der Waals surface area contributed by atoms with Crippen LogP contribution in [0.2, 0.25) is 0 Å². The van der Waals surface area contributed by atoms with E-state index in [4.69, 9.17) is 5.11 Å². The fourth-order valence-corrected chi connectivity index (χ4v) is 4.78. The van der Waals surface area contributed by atoms with Crippen molar-refractivity contribution in [3.8, 4) is 0 Å². The fourth-order valence-electron chi connectivity index (χ4n) is 1.81. The zero-order chi connectivity index (χ0) is 14.2. The van der Waals surface area contributed by atoms with E-state index >= 15 is 0 Å². The summed E-state index contributed by atoms with van der Waals surface area (Å²) >= 11 is 0.856. The molecule has 8 heteroatoms. The highest BCUT2D eigenvalue weighted by Gasteiger charge is 2.36. The molecule has 0 spiro atoms. The molecule has 0 aromatic carbocycles. The quantitative estimate of drug-likeness (QED) is 0.863. The van der Waals surface area contributed by atoms with Crippen LogP contribution in [0.5, 0.6) is 0 Å². The number of hydrogen-bond acceptors (Lipinski definition) is 5. The number of carboxylic acids is 1. The monoisotopic (exact) mass is 304 g/mol. The number of aromatic nitrogens is 1. The van der Waals surface area contributed by atoms with Crippen LogP contribution in [0.4, 0.5) is 0 Å². The molecule has 0 aliphatic heterocycles. The van der Waals surface area contributed by atoms with Gasteiger partial charge in [-0.05, 0) is 32.6 Å². The lowest BCUT2D eigenvalue weighted by Gasteiger charge is -2.25. The minimum absolute atomic E-state index is 0.172. The Morgan fingerprint density at radius 1 is 1.58 bits per heavy atom. The minimum Gasteiger partial charge on any atom is -0.476 e. The van der Waals surface area contributed by atoms with Gasteiger partial charge in [0.05, 0.1) is 5.51 Å². The molecule has 106 valence electrons. The molecule has 0 bridgehead atoms. The summed E-state index contributed by atoms with van der Waals surface area (Å²) < 4.78 is 26.3. The predicted molar refractivity (Wildman–Crippen MR) is 70.8 cm³/mol. The van der Waals surface area contributed by atoms with Crippen molar-refractivity contribution in [2.45, 2.75) is 36.9 Å². The maximum atomic E-state index is 12.6. The molecule has 1 N–H and O–H groups in total. The second kappa shape index (κ2) is 5.18. The topological polar surface area (TPSA) is 87.6 Å². The van der Waals surface area contributed by atoms with E-state index in [2.05, 4.69) is 4.98 Å². The first-order valence-corrected chi connectivity index (χ1v) is 8.34. The molecule has 0 saturated heterocycles. The maximum absolute atomic E-state index is 12.6. The van der Waals surface area contributed by atoms with Crippen LogP contribution in [0.25, 0.3) is 0 Å². The highest BCUT2D eigenvalue weighted by Crippen LogP contribution is 2.33. The summed E-state index contributed by atoms with van der Waals surface area (Å²) in [7, 11) is -3.78. The molecular formula is C11H16N2O4S2. The summed E-state index contributed by atoms with van der Waals surface area (Å²) in [6, 6.07) is -0.200. The molecule has 1 aliphatic rings. The summed E-state index contributed by atoms with van der Waals surface area (Å²) in [6.45, 7) is 4.04. The van der Waals surface area contributed by atoms with Crippen LogP contribution >= 0.6 is 11.3 Å². The van der Waals surface area contributed by atoms with Crippen molar-refractivity contribution in [3.05, 3.63) is 11.2 Å². The second-order valence-electron chi connectivity index (χ2n) is 4.91. The van der Waals surface area contributed by atoms with Gasteiger partial charge in [-0.3, -0.25) is 0 Å². The largest absolute Gasteiger partial charge is 0.476 e. The molecule has 1 aromatic rings. The molecule has 1 aliphatic carbocycles. The van der Waals surface area contributed by atoms with E-state index in [-0.39, 0.29) is 15.9 Å². The Kier molecular flexibility index (Phi) is 3.93. The van der Waals surface area contributed by atoms with Gasteiger partial charge in [0.1, 0.15) is 0 Å². The van der Waals surface area contributed by atoms with Gasteiger partial charge in [0.15, 0.2) is 9.90 Å². The van der Waals surface area contributed by atoms with Gasteiger partial charge in [-0.25, -0.2) is 18.2 Å². The first-order valence-electron chi connectivity index (χ1n) is 6.02. The molecule has 0 atom stereocenters. The Balaban J connectivity index is 2.38. The summed E-state index contributed by atoms with van der Waals surface area (Å²) in [5.74, 6) is -0.909. The van der Waals surface area contributed by atoms with E-state index in [1.807, 2.05) is 0 Å². The lowest BCUT2D eigenvalue weighted by atomic mass is 10.3. The third-order valence-corrected chi connectivity index (χ3v) is 6.38. The summed E-state index contributed by atoms with van der Waals surface area (Å²) in [5, 5.41) is 8.99. The van der Waals surface area contributed by atoms with Gasteiger partial charge in [-0.1, -0.05) is 0 Å². The maximum Gasteiger partial charge on any atom is 0.356 e. The second-order valence-corrected chi connectivity index (χ2v) is 7.85. The molecule has 1 aromatic heterocycles. The number of hydrogen-bond donors (Lipinski definition) is 1. The van der Waals surface area contributed by atoms with Crippen molar-refractivity contribution in [3.63, 3.8) is 0 Å². The van der Waals surface area contributed by atoms with Gasteiger partial charge in [-0.2, -0.15) is 4.31 Å². The summed E-state index contributed by atoms with van der Waals surface area (Å²) in [6.07, 6.45) is 2.07. The predicted octanol–water partition coefficient (Wildman–Crippen LogP) is 1.65. The van der Waals surface area contributed by atoms with Crippen molar-refractivity contribution < 1.29 is 18.3 Å². The molecule has 0 radical (unpaired) electrons. The number of thiazole rings is 1. The fraction of sp³-hybridized carbons (Fsp3) is 0.636. The highest BCUT2D eigenvalue weighted by molar-refractivity contribution is 7.91. The molecule has 1 heterocycles. The number of carbonyl (C=O) groups is 1. The molecule has 6 nitrogen and oxygen atoms in total. The molecule has 19 heavy (non-hydrogen) atoms. The Hall–Kier alpha value is -0.990. The van der Waals surface area contributed by atoms with Crippen molar-refractivity contribution in [2.75, 3.05) is 6.54 Å². The number of sulfonamides is 1. The van der Waals surface area contributed by atoms with Crippen LogP contribution in [0, 0.1) is 5.92 Å². The zero-order valence-corrected chi connectivity index (χ0v) is 12.4. The number of rotatable bonds is 6. The first-order chi connectivity index (χ1) is 8.84. The smallest absolute Gasteiger partial charge is 0.356 e. The van der Waals surface area contributed by atoms with Gasteiger partial charge in [0.2, 0.25) is 0 Å².